The summed E-state index contributed by atoms with van der Waals surface area (Å²) in [5.74, 6) is -0.268. The number of carbonyl (C=O) groups excluding carboxylic acids is 1. The summed E-state index contributed by atoms with van der Waals surface area (Å²) in [5, 5.41) is 2.68. The number of anilines is 1. The maximum atomic E-state index is 13.2. The van der Waals surface area contributed by atoms with E-state index in [4.69, 9.17) is 0 Å². The molecule has 0 aromatic heterocycles. The average Bonchev–Trinajstić information content (AvgIpc) is 2.61. The normalized spacial score (nSPS) is 12.6. The van der Waals surface area contributed by atoms with Crippen LogP contribution in [0.3, 0.4) is 0 Å². The zero-order valence-corrected chi connectivity index (χ0v) is 16.2. The van der Waals surface area contributed by atoms with Gasteiger partial charge in [0.2, 0.25) is 15.9 Å². The minimum absolute atomic E-state index is 0.0971. The molecule has 0 aliphatic carbocycles. The molecular weight excluding hydrogens is 375 g/mol. The molecule has 0 spiro atoms. The predicted molar refractivity (Wildman–Crippen MR) is 103 cm³/mol. The van der Waals surface area contributed by atoms with Crippen molar-refractivity contribution in [2.75, 3.05) is 17.3 Å². The fraction of sp³-hybridized carbons (Fsp3) is 0.278. The summed E-state index contributed by atoms with van der Waals surface area (Å²) in [5.41, 5.74) is 1.01. The van der Waals surface area contributed by atoms with Crippen molar-refractivity contribution in [3.63, 3.8) is 0 Å². The van der Waals surface area contributed by atoms with E-state index >= 15 is 0 Å². The lowest BCUT2D eigenvalue weighted by molar-refractivity contribution is -0.117. The van der Waals surface area contributed by atoms with Gasteiger partial charge in [0.25, 0.3) is 0 Å². The zero-order valence-electron chi connectivity index (χ0n) is 14.5. The molecule has 1 amide bonds. The van der Waals surface area contributed by atoms with Gasteiger partial charge in [0.15, 0.2) is 0 Å². The Hall–Kier alpha value is -1.90. The minimum atomic E-state index is -3.82. The molecule has 2 aromatic rings. The van der Waals surface area contributed by atoms with Gasteiger partial charge in [-0.15, -0.1) is 0 Å². The molecule has 0 radical (unpaired) electrons. The fourth-order valence-corrected chi connectivity index (χ4v) is 4.04. The minimum Gasteiger partial charge on any atom is -0.324 e. The maximum absolute atomic E-state index is 13.2. The molecule has 0 fully saturated rings. The summed E-state index contributed by atoms with van der Waals surface area (Å²) in [6.07, 6.45) is 2.21. The van der Waals surface area contributed by atoms with E-state index in [2.05, 4.69) is 10.0 Å². The third kappa shape index (κ3) is 5.55. The lowest BCUT2D eigenvalue weighted by atomic mass is 10.1. The standard InChI is InChI=1S/C18H21FN2O3S2/c1-13-12-14(19)8-9-16(13)20-18(22)17(10-11-25-2)21-26(23,24)15-6-4-3-5-7-15/h3-9,12,17,21H,10-11H2,1-2H3,(H,20,22). The summed E-state index contributed by atoms with van der Waals surface area (Å²) in [7, 11) is -3.82. The Morgan fingerprint density at radius 1 is 1.19 bits per heavy atom. The van der Waals surface area contributed by atoms with Crippen molar-refractivity contribution in [1.82, 2.24) is 4.72 Å². The number of aryl methyl sites for hydroxylation is 1. The van der Waals surface area contributed by atoms with Gasteiger partial charge in [0.1, 0.15) is 11.9 Å². The third-order valence-corrected chi connectivity index (χ3v) is 5.86. The van der Waals surface area contributed by atoms with Gasteiger partial charge in [-0.05, 0) is 61.2 Å². The molecule has 0 saturated carbocycles. The van der Waals surface area contributed by atoms with Crippen LogP contribution in [0.5, 0.6) is 0 Å². The number of carbonyl (C=O) groups is 1. The van der Waals surface area contributed by atoms with Crippen molar-refractivity contribution >= 4 is 33.4 Å². The predicted octanol–water partition coefficient (Wildman–Crippen LogP) is 3.17. The molecular formula is C18H21FN2O3S2. The summed E-state index contributed by atoms with van der Waals surface area (Å²) < 4.78 is 40.7. The highest BCUT2D eigenvalue weighted by Gasteiger charge is 2.25. The molecule has 2 N–H and O–H groups in total. The first-order chi connectivity index (χ1) is 12.3. The van der Waals surface area contributed by atoms with Gasteiger partial charge in [-0.3, -0.25) is 4.79 Å². The first-order valence-electron chi connectivity index (χ1n) is 7.97. The number of amides is 1. The van der Waals surface area contributed by atoms with Crippen LogP contribution in [-0.2, 0) is 14.8 Å². The molecule has 0 bridgehead atoms. The second-order valence-electron chi connectivity index (χ2n) is 5.72. The quantitative estimate of drug-likeness (QED) is 0.719. The Labute approximate surface area is 157 Å². The van der Waals surface area contributed by atoms with Crippen LogP contribution >= 0.6 is 11.8 Å². The largest absolute Gasteiger partial charge is 0.324 e. The number of thioether (sulfide) groups is 1. The number of halogens is 1. The molecule has 1 atom stereocenters. The number of hydrogen-bond donors (Lipinski definition) is 2. The van der Waals surface area contributed by atoms with Crippen LogP contribution in [0.15, 0.2) is 53.4 Å². The molecule has 0 heterocycles. The van der Waals surface area contributed by atoms with E-state index in [1.807, 2.05) is 6.26 Å². The molecule has 2 aromatic carbocycles. The van der Waals surface area contributed by atoms with Gasteiger partial charge in [0.05, 0.1) is 4.90 Å². The lowest BCUT2D eigenvalue weighted by Crippen LogP contribution is -2.44. The second-order valence-corrected chi connectivity index (χ2v) is 8.42. The number of benzene rings is 2. The first-order valence-corrected chi connectivity index (χ1v) is 10.8. The fourth-order valence-electron chi connectivity index (χ4n) is 2.32. The highest BCUT2D eigenvalue weighted by molar-refractivity contribution is 7.98. The Balaban J connectivity index is 2.19. The van der Waals surface area contributed by atoms with E-state index in [1.165, 1.54) is 42.1 Å². The molecule has 1 unspecified atom stereocenters. The SMILES string of the molecule is CSCCC(NS(=O)(=O)c1ccccc1)C(=O)Nc1ccc(F)cc1C. The number of rotatable bonds is 8. The van der Waals surface area contributed by atoms with Gasteiger partial charge in [0, 0.05) is 5.69 Å². The molecule has 2 rings (SSSR count). The van der Waals surface area contributed by atoms with Crippen LogP contribution in [0.4, 0.5) is 10.1 Å². The van der Waals surface area contributed by atoms with E-state index in [-0.39, 0.29) is 4.90 Å². The molecule has 5 nitrogen and oxygen atoms in total. The van der Waals surface area contributed by atoms with Crippen LogP contribution in [0.1, 0.15) is 12.0 Å². The van der Waals surface area contributed by atoms with E-state index in [1.54, 1.807) is 25.1 Å². The Kier molecular flexibility index (Phi) is 7.19. The second kappa shape index (κ2) is 9.16. The van der Waals surface area contributed by atoms with Crippen LogP contribution in [0, 0.1) is 12.7 Å². The number of hydrogen-bond acceptors (Lipinski definition) is 4. The van der Waals surface area contributed by atoms with E-state index < -0.39 is 27.8 Å². The maximum Gasteiger partial charge on any atom is 0.242 e. The molecule has 0 aliphatic heterocycles. The monoisotopic (exact) mass is 396 g/mol. The zero-order chi connectivity index (χ0) is 19.2. The summed E-state index contributed by atoms with van der Waals surface area (Å²) in [6, 6.07) is 11.0. The van der Waals surface area contributed by atoms with Crippen molar-refractivity contribution in [3.05, 3.63) is 59.9 Å². The molecule has 26 heavy (non-hydrogen) atoms. The van der Waals surface area contributed by atoms with Crippen molar-refractivity contribution in [3.8, 4) is 0 Å². The van der Waals surface area contributed by atoms with Gasteiger partial charge < -0.3 is 5.32 Å². The summed E-state index contributed by atoms with van der Waals surface area (Å²) >= 11 is 1.52. The number of nitrogens with one attached hydrogen (secondary N) is 2. The van der Waals surface area contributed by atoms with E-state index in [0.29, 0.717) is 23.4 Å². The molecule has 0 saturated heterocycles. The van der Waals surface area contributed by atoms with Gasteiger partial charge in [-0.2, -0.15) is 16.5 Å². The van der Waals surface area contributed by atoms with Crippen molar-refractivity contribution in [1.29, 1.82) is 0 Å². The Morgan fingerprint density at radius 3 is 2.50 bits per heavy atom. The van der Waals surface area contributed by atoms with Crippen molar-refractivity contribution in [2.45, 2.75) is 24.3 Å². The molecule has 140 valence electrons. The summed E-state index contributed by atoms with van der Waals surface area (Å²) in [6.45, 7) is 1.67. The van der Waals surface area contributed by atoms with Crippen LogP contribution in [-0.4, -0.2) is 32.4 Å². The molecule has 0 aliphatic rings. The van der Waals surface area contributed by atoms with Crippen LogP contribution < -0.4 is 10.0 Å². The van der Waals surface area contributed by atoms with Gasteiger partial charge in [-0.1, -0.05) is 18.2 Å². The smallest absolute Gasteiger partial charge is 0.242 e. The molecule has 8 heteroatoms. The highest BCUT2D eigenvalue weighted by atomic mass is 32.2. The number of sulfonamides is 1. The van der Waals surface area contributed by atoms with Gasteiger partial charge >= 0.3 is 0 Å². The first kappa shape index (κ1) is 20.4. The summed E-state index contributed by atoms with van der Waals surface area (Å²) in [4.78, 5) is 12.7. The average molecular weight is 397 g/mol. The van der Waals surface area contributed by atoms with E-state index in [9.17, 15) is 17.6 Å². The van der Waals surface area contributed by atoms with E-state index in [0.717, 1.165) is 0 Å². The third-order valence-electron chi connectivity index (χ3n) is 3.72. The van der Waals surface area contributed by atoms with Gasteiger partial charge in [-0.25, -0.2) is 12.8 Å². The highest BCUT2D eigenvalue weighted by Crippen LogP contribution is 2.17. The topological polar surface area (TPSA) is 75.3 Å². The van der Waals surface area contributed by atoms with Crippen LogP contribution in [0.25, 0.3) is 0 Å². The lowest BCUT2D eigenvalue weighted by Gasteiger charge is -2.19. The van der Waals surface area contributed by atoms with Crippen molar-refractivity contribution in [2.24, 2.45) is 0 Å². The van der Waals surface area contributed by atoms with Crippen LogP contribution in [0.2, 0.25) is 0 Å². The van der Waals surface area contributed by atoms with Crippen molar-refractivity contribution < 1.29 is 17.6 Å². The Morgan fingerprint density at radius 2 is 1.88 bits per heavy atom. The Bertz CT molecular complexity index is 858.